The third kappa shape index (κ3) is 4.23. The zero-order chi connectivity index (χ0) is 19.3. The lowest BCUT2D eigenvalue weighted by molar-refractivity contribution is 0.102. The van der Waals surface area contributed by atoms with E-state index in [0.717, 1.165) is 43.5 Å². The summed E-state index contributed by atoms with van der Waals surface area (Å²) in [5.74, 6) is 0.787. The van der Waals surface area contributed by atoms with Crippen LogP contribution in [0.25, 0.3) is 11.0 Å². The number of piperidine rings is 1. The van der Waals surface area contributed by atoms with Crippen molar-refractivity contribution in [3.63, 3.8) is 0 Å². The monoisotopic (exact) mass is 377 g/mol. The average molecular weight is 377 g/mol. The molecule has 28 heavy (non-hydrogen) atoms. The molecule has 0 saturated carbocycles. The fourth-order valence-electron chi connectivity index (χ4n) is 3.37. The Bertz CT molecular complexity index is 969. The molecule has 0 aliphatic carbocycles. The maximum atomic E-state index is 12.8. The van der Waals surface area contributed by atoms with Crippen LogP contribution >= 0.6 is 0 Å². The largest absolute Gasteiger partial charge is 0.368 e. The third-order valence-corrected chi connectivity index (χ3v) is 5.04. The zero-order valence-electron chi connectivity index (χ0n) is 15.8. The number of hydrogen-bond acceptors (Lipinski definition) is 7. The summed E-state index contributed by atoms with van der Waals surface area (Å²) in [5.41, 5.74) is 2.43. The average Bonchev–Trinajstić information content (AvgIpc) is 2.73. The normalized spacial score (nSPS) is 15.5. The Morgan fingerprint density at radius 2 is 1.75 bits per heavy atom. The van der Waals surface area contributed by atoms with E-state index in [2.05, 4.69) is 42.5 Å². The number of fused-ring (bicyclic) bond motifs is 1. The van der Waals surface area contributed by atoms with Crippen molar-refractivity contribution in [2.45, 2.75) is 12.8 Å². The maximum Gasteiger partial charge on any atom is 0.278 e. The quantitative estimate of drug-likeness (QED) is 0.705. The van der Waals surface area contributed by atoms with Crippen LogP contribution in [0.15, 0.2) is 43.0 Å². The topological polar surface area (TPSA) is 95.9 Å². The Morgan fingerprint density at radius 3 is 2.57 bits per heavy atom. The summed E-state index contributed by atoms with van der Waals surface area (Å²) in [6.07, 6.45) is 8.68. The molecule has 0 unspecified atom stereocenters. The molecular weight excluding hydrogens is 354 g/mol. The summed E-state index contributed by atoms with van der Waals surface area (Å²) >= 11 is 0. The van der Waals surface area contributed by atoms with Gasteiger partial charge in [-0.1, -0.05) is 0 Å². The van der Waals surface area contributed by atoms with E-state index in [1.54, 1.807) is 30.7 Å². The minimum atomic E-state index is -0.304. The first-order valence-corrected chi connectivity index (χ1v) is 9.44. The molecule has 144 valence electrons. The Balaban J connectivity index is 1.45. The van der Waals surface area contributed by atoms with Gasteiger partial charge < -0.3 is 15.5 Å². The lowest BCUT2D eigenvalue weighted by Crippen LogP contribution is -2.33. The fraction of sp³-hybridized carbons (Fsp3) is 0.350. The summed E-state index contributed by atoms with van der Waals surface area (Å²) in [7, 11) is 2.15. The number of benzene rings is 1. The highest BCUT2D eigenvalue weighted by Gasteiger charge is 2.19. The van der Waals surface area contributed by atoms with E-state index in [4.69, 9.17) is 0 Å². The number of hydrogen-bond donors (Lipinski definition) is 2. The molecule has 1 aliphatic heterocycles. The van der Waals surface area contributed by atoms with Crippen LogP contribution in [0.2, 0.25) is 0 Å². The van der Waals surface area contributed by atoms with Gasteiger partial charge in [0.05, 0.1) is 11.0 Å². The molecule has 0 spiro atoms. The molecule has 1 fully saturated rings. The number of likely N-dealkylation sites (tertiary alicyclic amines) is 1. The van der Waals surface area contributed by atoms with Gasteiger partial charge in [-0.3, -0.25) is 14.8 Å². The molecule has 3 aromatic rings. The van der Waals surface area contributed by atoms with Crippen LogP contribution in [0.1, 0.15) is 23.3 Å². The van der Waals surface area contributed by atoms with Gasteiger partial charge in [-0.15, -0.1) is 0 Å². The van der Waals surface area contributed by atoms with E-state index in [-0.39, 0.29) is 11.6 Å². The van der Waals surface area contributed by atoms with Gasteiger partial charge in [0.15, 0.2) is 11.5 Å². The number of aromatic nitrogens is 4. The molecular formula is C20H23N7O. The predicted molar refractivity (Wildman–Crippen MR) is 108 cm³/mol. The molecule has 8 nitrogen and oxygen atoms in total. The molecule has 3 heterocycles. The number of carbonyl (C=O) groups is 1. The van der Waals surface area contributed by atoms with Crippen molar-refractivity contribution in [1.82, 2.24) is 24.8 Å². The van der Waals surface area contributed by atoms with Crippen LogP contribution in [-0.4, -0.2) is 57.4 Å². The van der Waals surface area contributed by atoms with Crippen LogP contribution in [0.3, 0.4) is 0 Å². The second-order valence-corrected chi connectivity index (χ2v) is 7.10. The standard InChI is InChI=1S/C20H23N7O/c1-27-10-4-14(5-11-27)13-25-19-18(23-8-9-24-19)20(28)26-15-2-3-16-17(12-15)22-7-6-21-16/h2-3,6-9,12,14H,4-5,10-11,13H2,1H3,(H,24,25)(H,26,28). The fourth-order valence-corrected chi connectivity index (χ4v) is 3.37. The second kappa shape index (κ2) is 8.26. The van der Waals surface area contributed by atoms with Crippen LogP contribution < -0.4 is 10.6 Å². The molecule has 1 amide bonds. The zero-order valence-corrected chi connectivity index (χ0v) is 15.8. The van der Waals surface area contributed by atoms with Gasteiger partial charge in [0.2, 0.25) is 0 Å². The predicted octanol–water partition coefficient (Wildman–Crippen LogP) is 2.43. The van der Waals surface area contributed by atoms with Gasteiger partial charge in [0, 0.05) is 37.0 Å². The number of anilines is 2. The summed E-state index contributed by atoms with van der Waals surface area (Å²) in [6.45, 7) is 2.99. The van der Waals surface area contributed by atoms with Crippen molar-refractivity contribution in [1.29, 1.82) is 0 Å². The first-order chi connectivity index (χ1) is 13.7. The van der Waals surface area contributed by atoms with E-state index < -0.39 is 0 Å². The Hall–Kier alpha value is -3.13. The van der Waals surface area contributed by atoms with E-state index in [9.17, 15) is 4.79 Å². The van der Waals surface area contributed by atoms with Gasteiger partial charge in [-0.25, -0.2) is 9.97 Å². The van der Waals surface area contributed by atoms with Gasteiger partial charge in [-0.05, 0) is 57.1 Å². The van der Waals surface area contributed by atoms with E-state index in [1.165, 1.54) is 6.20 Å². The van der Waals surface area contributed by atoms with Crippen molar-refractivity contribution in [3.8, 4) is 0 Å². The van der Waals surface area contributed by atoms with Crippen molar-refractivity contribution in [2.24, 2.45) is 5.92 Å². The highest BCUT2D eigenvalue weighted by molar-refractivity contribution is 6.06. The Morgan fingerprint density at radius 1 is 1.04 bits per heavy atom. The lowest BCUT2D eigenvalue weighted by atomic mass is 9.97. The molecule has 2 aromatic heterocycles. The molecule has 4 rings (SSSR count). The number of rotatable bonds is 5. The number of carbonyl (C=O) groups excluding carboxylic acids is 1. The summed E-state index contributed by atoms with van der Waals surface area (Å²) in [6, 6.07) is 5.42. The first kappa shape index (κ1) is 18.2. The smallest absolute Gasteiger partial charge is 0.278 e. The van der Waals surface area contributed by atoms with Crippen LogP contribution in [0, 0.1) is 5.92 Å². The number of amides is 1. The third-order valence-electron chi connectivity index (χ3n) is 5.04. The highest BCUT2D eigenvalue weighted by atomic mass is 16.1. The molecule has 1 aromatic carbocycles. The maximum absolute atomic E-state index is 12.8. The lowest BCUT2D eigenvalue weighted by Gasteiger charge is -2.29. The molecule has 0 radical (unpaired) electrons. The molecule has 0 bridgehead atoms. The molecule has 8 heteroatoms. The van der Waals surface area contributed by atoms with E-state index in [0.29, 0.717) is 17.4 Å². The van der Waals surface area contributed by atoms with Gasteiger partial charge in [0.25, 0.3) is 5.91 Å². The summed E-state index contributed by atoms with van der Waals surface area (Å²) < 4.78 is 0. The minimum absolute atomic E-state index is 0.287. The molecule has 1 saturated heterocycles. The first-order valence-electron chi connectivity index (χ1n) is 9.44. The van der Waals surface area contributed by atoms with Gasteiger partial charge in [0.1, 0.15) is 0 Å². The minimum Gasteiger partial charge on any atom is -0.368 e. The molecule has 2 N–H and O–H groups in total. The van der Waals surface area contributed by atoms with Crippen molar-refractivity contribution >= 4 is 28.4 Å². The number of nitrogens with one attached hydrogen (secondary N) is 2. The summed E-state index contributed by atoms with van der Waals surface area (Å²) in [4.78, 5) is 32.2. The highest BCUT2D eigenvalue weighted by Crippen LogP contribution is 2.19. The Labute approximate surface area is 163 Å². The van der Waals surface area contributed by atoms with Crippen LogP contribution in [-0.2, 0) is 0 Å². The second-order valence-electron chi connectivity index (χ2n) is 7.10. The van der Waals surface area contributed by atoms with Crippen molar-refractivity contribution in [3.05, 3.63) is 48.7 Å². The SMILES string of the molecule is CN1CCC(CNc2nccnc2C(=O)Nc2ccc3nccnc3c2)CC1. The van der Waals surface area contributed by atoms with Gasteiger partial charge >= 0.3 is 0 Å². The van der Waals surface area contributed by atoms with E-state index >= 15 is 0 Å². The Kier molecular flexibility index (Phi) is 5.38. The number of nitrogens with zero attached hydrogens (tertiary/aromatic N) is 5. The molecule has 1 aliphatic rings. The molecule has 0 atom stereocenters. The van der Waals surface area contributed by atoms with Crippen molar-refractivity contribution < 1.29 is 4.79 Å². The van der Waals surface area contributed by atoms with Crippen molar-refractivity contribution in [2.75, 3.05) is 37.3 Å². The van der Waals surface area contributed by atoms with E-state index in [1.807, 2.05) is 6.07 Å². The summed E-state index contributed by atoms with van der Waals surface area (Å²) in [5, 5.41) is 6.20. The van der Waals surface area contributed by atoms with Crippen LogP contribution in [0.5, 0.6) is 0 Å². The van der Waals surface area contributed by atoms with Gasteiger partial charge in [-0.2, -0.15) is 0 Å². The van der Waals surface area contributed by atoms with Crippen LogP contribution in [0.4, 0.5) is 11.5 Å².